The molecular weight excluding hydrogens is 374 g/mol. The second kappa shape index (κ2) is 9.59. The van der Waals surface area contributed by atoms with E-state index in [0.717, 1.165) is 24.0 Å². The zero-order chi connectivity index (χ0) is 20.8. The molecule has 0 radical (unpaired) electrons. The van der Waals surface area contributed by atoms with E-state index < -0.39 is 6.10 Å². The third kappa shape index (κ3) is 4.89. The normalized spacial score (nSPS) is 15.6. The van der Waals surface area contributed by atoms with E-state index in [1.54, 1.807) is 0 Å². The van der Waals surface area contributed by atoms with Gasteiger partial charge in [-0.3, -0.25) is 4.79 Å². The van der Waals surface area contributed by atoms with Crippen molar-refractivity contribution in [3.63, 3.8) is 0 Å². The van der Waals surface area contributed by atoms with Crippen molar-refractivity contribution < 1.29 is 14.6 Å². The van der Waals surface area contributed by atoms with Crippen LogP contribution in [0.5, 0.6) is 5.75 Å². The molecule has 4 nitrogen and oxygen atoms in total. The molecule has 1 aliphatic heterocycles. The van der Waals surface area contributed by atoms with Gasteiger partial charge in [-0.15, -0.1) is 0 Å². The summed E-state index contributed by atoms with van der Waals surface area (Å²) in [7, 11) is 0. The highest BCUT2D eigenvalue weighted by molar-refractivity contribution is 5.94. The van der Waals surface area contributed by atoms with E-state index in [-0.39, 0.29) is 11.8 Å². The summed E-state index contributed by atoms with van der Waals surface area (Å²) in [4.78, 5) is 14.9. The van der Waals surface area contributed by atoms with Gasteiger partial charge < -0.3 is 14.7 Å². The van der Waals surface area contributed by atoms with Gasteiger partial charge in [0.2, 0.25) is 0 Å². The van der Waals surface area contributed by atoms with Crippen molar-refractivity contribution in [1.29, 1.82) is 0 Å². The van der Waals surface area contributed by atoms with Crippen molar-refractivity contribution in [1.82, 2.24) is 4.90 Å². The van der Waals surface area contributed by atoms with Gasteiger partial charge >= 0.3 is 0 Å². The maximum Gasteiger partial charge on any atom is 0.253 e. The number of aliphatic hydroxyl groups is 1. The van der Waals surface area contributed by atoms with E-state index >= 15 is 0 Å². The molecule has 0 bridgehead atoms. The molecule has 1 N–H and O–H groups in total. The Bertz CT molecular complexity index is 950. The maximum atomic E-state index is 13.0. The van der Waals surface area contributed by atoms with Crippen molar-refractivity contribution in [3.8, 4) is 5.75 Å². The number of carbonyl (C=O) groups is 1. The number of carbonyl (C=O) groups excluding carboxylic acids is 1. The number of aliphatic hydroxyl groups excluding tert-OH is 1. The van der Waals surface area contributed by atoms with Crippen LogP contribution in [0.4, 0.5) is 0 Å². The van der Waals surface area contributed by atoms with Gasteiger partial charge in [0.05, 0.1) is 6.10 Å². The van der Waals surface area contributed by atoms with Crippen LogP contribution in [-0.2, 0) is 6.61 Å². The zero-order valence-electron chi connectivity index (χ0n) is 17.0. The molecule has 0 aliphatic carbocycles. The lowest BCUT2D eigenvalue weighted by atomic mass is 9.87. The summed E-state index contributed by atoms with van der Waals surface area (Å²) < 4.78 is 5.86. The van der Waals surface area contributed by atoms with E-state index in [4.69, 9.17) is 4.74 Å². The molecule has 3 aromatic rings. The molecule has 1 heterocycles. The quantitative estimate of drug-likeness (QED) is 0.642. The standard InChI is InChI=1S/C26H27NO3/c28-25(21-10-5-2-6-11-21)22-14-16-27(17-15-22)26(29)23-12-7-13-24(18-23)30-19-20-8-3-1-4-9-20/h1-13,18,22,25,28H,14-17,19H2/t25-/m1/s1. The Morgan fingerprint density at radius 1 is 0.933 bits per heavy atom. The van der Waals surface area contributed by atoms with Gasteiger partial charge in [0.25, 0.3) is 5.91 Å². The Morgan fingerprint density at radius 3 is 2.30 bits per heavy atom. The van der Waals surface area contributed by atoms with Crippen molar-refractivity contribution in [2.45, 2.75) is 25.6 Å². The lowest BCUT2D eigenvalue weighted by Gasteiger charge is -2.34. The number of nitrogens with zero attached hydrogens (tertiary/aromatic N) is 1. The largest absolute Gasteiger partial charge is 0.489 e. The number of ether oxygens (including phenoxy) is 1. The van der Waals surface area contributed by atoms with Crippen molar-refractivity contribution in [2.75, 3.05) is 13.1 Å². The molecule has 4 heteroatoms. The van der Waals surface area contributed by atoms with Gasteiger partial charge in [-0.2, -0.15) is 0 Å². The monoisotopic (exact) mass is 401 g/mol. The number of benzene rings is 3. The molecule has 1 amide bonds. The van der Waals surface area contributed by atoms with E-state index in [1.807, 2.05) is 89.8 Å². The summed E-state index contributed by atoms with van der Waals surface area (Å²) in [6, 6.07) is 27.1. The Kier molecular flexibility index (Phi) is 6.45. The van der Waals surface area contributed by atoms with Gasteiger partial charge in [-0.25, -0.2) is 0 Å². The molecule has 0 spiro atoms. The third-order valence-corrected chi connectivity index (χ3v) is 5.74. The summed E-state index contributed by atoms with van der Waals surface area (Å²) >= 11 is 0. The summed E-state index contributed by atoms with van der Waals surface area (Å²) in [5, 5.41) is 10.7. The predicted molar refractivity (Wildman–Crippen MR) is 117 cm³/mol. The van der Waals surface area contributed by atoms with Crippen molar-refractivity contribution in [2.24, 2.45) is 5.92 Å². The van der Waals surface area contributed by atoms with Gasteiger partial charge in [-0.05, 0) is 48.1 Å². The SMILES string of the molecule is O=C(c1cccc(OCc2ccccc2)c1)N1CCC([C@H](O)c2ccccc2)CC1. The predicted octanol–water partition coefficient (Wildman–Crippen LogP) is 4.85. The number of hydrogen-bond donors (Lipinski definition) is 1. The molecule has 3 aromatic carbocycles. The second-order valence-electron chi connectivity index (χ2n) is 7.79. The summed E-state index contributed by atoms with van der Waals surface area (Å²) in [6.07, 6.45) is 1.12. The Morgan fingerprint density at radius 2 is 1.60 bits per heavy atom. The van der Waals surface area contributed by atoms with Crippen molar-refractivity contribution >= 4 is 5.91 Å². The molecule has 1 atom stereocenters. The average Bonchev–Trinajstić information content (AvgIpc) is 2.83. The fourth-order valence-electron chi connectivity index (χ4n) is 3.98. The number of piperidine rings is 1. The van der Waals surface area contributed by atoms with Crippen LogP contribution in [0.1, 0.15) is 40.4 Å². The Hall–Kier alpha value is -3.11. The molecule has 1 fully saturated rings. The van der Waals surface area contributed by atoms with Crippen LogP contribution < -0.4 is 4.74 Å². The molecule has 154 valence electrons. The fraction of sp³-hybridized carbons (Fsp3) is 0.269. The molecule has 0 aromatic heterocycles. The van der Waals surface area contributed by atoms with E-state index in [1.165, 1.54) is 0 Å². The molecule has 1 aliphatic rings. The summed E-state index contributed by atoms with van der Waals surface area (Å²) in [5.41, 5.74) is 2.68. The minimum Gasteiger partial charge on any atom is -0.489 e. The molecule has 0 saturated carbocycles. The molecule has 1 saturated heterocycles. The minimum atomic E-state index is -0.474. The molecule has 30 heavy (non-hydrogen) atoms. The molecule has 4 rings (SSSR count). The van der Waals surface area contributed by atoms with Gasteiger partial charge in [0.1, 0.15) is 12.4 Å². The highest BCUT2D eigenvalue weighted by Gasteiger charge is 2.28. The van der Waals surface area contributed by atoms with Crippen LogP contribution in [0.3, 0.4) is 0 Å². The smallest absolute Gasteiger partial charge is 0.253 e. The Labute approximate surface area is 177 Å². The van der Waals surface area contributed by atoms with E-state index in [0.29, 0.717) is 31.0 Å². The number of hydrogen-bond acceptors (Lipinski definition) is 3. The van der Waals surface area contributed by atoms with Crippen LogP contribution in [0.15, 0.2) is 84.9 Å². The summed E-state index contributed by atoms with van der Waals surface area (Å²) in [5.74, 6) is 0.892. The summed E-state index contributed by atoms with van der Waals surface area (Å²) in [6.45, 7) is 1.78. The van der Waals surface area contributed by atoms with Crippen molar-refractivity contribution in [3.05, 3.63) is 102 Å². The second-order valence-corrected chi connectivity index (χ2v) is 7.79. The molecule has 0 unspecified atom stereocenters. The highest BCUT2D eigenvalue weighted by atomic mass is 16.5. The first kappa shape index (κ1) is 20.2. The van der Waals surface area contributed by atoms with Crippen LogP contribution in [0.25, 0.3) is 0 Å². The lowest BCUT2D eigenvalue weighted by Crippen LogP contribution is -2.39. The van der Waals surface area contributed by atoms with Crippen LogP contribution >= 0.6 is 0 Å². The van der Waals surface area contributed by atoms with Crippen LogP contribution in [-0.4, -0.2) is 29.0 Å². The number of rotatable bonds is 6. The van der Waals surface area contributed by atoms with Gasteiger partial charge in [0, 0.05) is 18.7 Å². The van der Waals surface area contributed by atoms with E-state index in [2.05, 4.69) is 0 Å². The average molecular weight is 402 g/mol. The minimum absolute atomic E-state index is 0.0211. The topological polar surface area (TPSA) is 49.8 Å². The Balaban J connectivity index is 1.34. The first-order chi connectivity index (χ1) is 14.7. The van der Waals surface area contributed by atoms with Crippen LogP contribution in [0, 0.1) is 5.92 Å². The van der Waals surface area contributed by atoms with Crippen LogP contribution in [0.2, 0.25) is 0 Å². The number of amides is 1. The van der Waals surface area contributed by atoms with Gasteiger partial charge in [-0.1, -0.05) is 66.7 Å². The molecular formula is C26H27NO3. The first-order valence-electron chi connectivity index (χ1n) is 10.5. The number of likely N-dealkylation sites (tertiary alicyclic amines) is 1. The zero-order valence-corrected chi connectivity index (χ0v) is 17.0. The fourth-order valence-corrected chi connectivity index (χ4v) is 3.98. The highest BCUT2D eigenvalue weighted by Crippen LogP contribution is 2.31. The third-order valence-electron chi connectivity index (χ3n) is 5.74. The first-order valence-corrected chi connectivity index (χ1v) is 10.5. The van der Waals surface area contributed by atoms with E-state index in [9.17, 15) is 9.90 Å². The maximum absolute atomic E-state index is 13.0. The lowest BCUT2D eigenvalue weighted by molar-refractivity contribution is 0.0462. The van der Waals surface area contributed by atoms with Gasteiger partial charge in [0.15, 0.2) is 0 Å².